The average Bonchev–Trinajstić information content (AvgIpc) is 3.32. The van der Waals surface area contributed by atoms with Crippen molar-refractivity contribution in [1.29, 1.82) is 0 Å². The highest BCUT2D eigenvalue weighted by Crippen LogP contribution is 2.43. The third-order valence-electron chi connectivity index (χ3n) is 4.81. The van der Waals surface area contributed by atoms with E-state index in [0.29, 0.717) is 51.1 Å². The highest BCUT2D eigenvalue weighted by molar-refractivity contribution is 5.97. The van der Waals surface area contributed by atoms with Crippen molar-refractivity contribution in [3.05, 3.63) is 36.6 Å². The van der Waals surface area contributed by atoms with Gasteiger partial charge in [-0.2, -0.15) is 0 Å². The summed E-state index contributed by atoms with van der Waals surface area (Å²) in [5.74, 6) is 1.28. The number of aromatic nitrogens is 1. The Morgan fingerprint density at radius 3 is 2.25 bits per heavy atom. The van der Waals surface area contributed by atoms with Crippen LogP contribution in [-0.2, 0) is 4.79 Å². The number of nitrogens with zero attached hydrogens (tertiary/aromatic N) is 1. The number of nitrogens with one attached hydrogen (secondary N) is 1. The molecule has 170 valence electrons. The van der Waals surface area contributed by atoms with Crippen LogP contribution in [0.3, 0.4) is 0 Å². The smallest absolute Gasteiger partial charge is 0.243 e. The van der Waals surface area contributed by atoms with Crippen LogP contribution in [0, 0.1) is 0 Å². The van der Waals surface area contributed by atoms with E-state index in [0.717, 1.165) is 0 Å². The van der Waals surface area contributed by atoms with Crippen LogP contribution in [0.1, 0.15) is 0 Å². The van der Waals surface area contributed by atoms with Gasteiger partial charge in [0, 0.05) is 11.1 Å². The number of hydrogen-bond acceptors (Lipinski definition) is 9. The lowest BCUT2D eigenvalue weighted by Gasteiger charge is -2.15. The van der Waals surface area contributed by atoms with Crippen LogP contribution in [0.2, 0.25) is 0 Å². The van der Waals surface area contributed by atoms with E-state index < -0.39 is 18.6 Å². The number of methoxy groups -OCH3 is 4. The Hall–Kier alpha value is -3.76. The maximum Gasteiger partial charge on any atom is 0.243 e. The molecule has 10 heteroatoms. The average molecular weight is 443 g/mol. The SMILES string of the molecule is COc1ccc(-c2conc2-c2cc(OC)c(OC)c(OC)c2)cc1NC(=O)C(N)CO. The van der Waals surface area contributed by atoms with Gasteiger partial charge in [0.25, 0.3) is 0 Å². The molecule has 0 aliphatic carbocycles. The van der Waals surface area contributed by atoms with Gasteiger partial charge >= 0.3 is 0 Å². The summed E-state index contributed by atoms with van der Waals surface area (Å²) in [6, 6.07) is 7.66. The number of benzene rings is 2. The van der Waals surface area contributed by atoms with Gasteiger partial charge in [0.1, 0.15) is 23.7 Å². The van der Waals surface area contributed by atoms with Crippen molar-refractivity contribution in [2.75, 3.05) is 40.4 Å². The molecule has 4 N–H and O–H groups in total. The van der Waals surface area contributed by atoms with Crippen molar-refractivity contribution < 1.29 is 33.4 Å². The number of hydrogen-bond donors (Lipinski definition) is 3. The monoisotopic (exact) mass is 443 g/mol. The first kappa shape index (κ1) is 22.9. The number of carbonyl (C=O) groups is 1. The van der Waals surface area contributed by atoms with E-state index in [-0.39, 0.29) is 0 Å². The first-order valence-corrected chi connectivity index (χ1v) is 9.57. The van der Waals surface area contributed by atoms with Crippen LogP contribution < -0.4 is 30.0 Å². The zero-order chi connectivity index (χ0) is 23.3. The molecule has 0 saturated carbocycles. The largest absolute Gasteiger partial charge is 0.495 e. The number of rotatable bonds is 9. The van der Waals surface area contributed by atoms with Crippen molar-refractivity contribution in [3.63, 3.8) is 0 Å². The quantitative estimate of drug-likeness (QED) is 0.455. The number of amides is 1. The molecule has 0 bridgehead atoms. The van der Waals surface area contributed by atoms with Gasteiger partial charge in [0.05, 0.1) is 40.7 Å². The lowest BCUT2D eigenvalue weighted by Crippen LogP contribution is -2.38. The van der Waals surface area contributed by atoms with E-state index in [1.807, 2.05) is 0 Å². The normalized spacial score (nSPS) is 11.6. The summed E-state index contributed by atoms with van der Waals surface area (Å²) >= 11 is 0. The van der Waals surface area contributed by atoms with E-state index in [1.165, 1.54) is 34.7 Å². The molecule has 0 aliphatic rings. The number of ether oxygens (including phenoxy) is 4. The number of aliphatic hydroxyl groups is 1. The topological polar surface area (TPSA) is 138 Å². The third kappa shape index (κ3) is 4.46. The second-order valence-electron chi connectivity index (χ2n) is 6.68. The minimum atomic E-state index is -1.06. The fraction of sp³-hybridized carbons (Fsp3) is 0.273. The third-order valence-corrected chi connectivity index (χ3v) is 4.81. The molecular formula is C22H25N3O7. The molecule has 10 nitrogen and oxygen atoms in total. The van der Waals surface area contributed by atoms with E-state index in [4.69, 9.17) is 34.3 Å². The van der Waals surface area contributed by atoms with E-state index in [2.05, 4.69) is 10.5 Å². The molecule has 0 spiro atoms. The number of aliphatic hydroxyl groups excluding tert-OH is 1. The fourth-order valence-electron chi connectivity index (χ4n) is 3.15. The molecule has 3 aromatic rings. The Morgan fingerprint density at radius 1 is 1.03 bits per heavy atom. The Kier molecular flexibility index (Phi) is 7.18. The summed E-state index contributed by atoms with van der Waals surface area (Å²) in [6.45, 7) is -0.481. The maximum absolute atomic E-state index is 12.2. The lowest BCUT2D eigenvalue weighted by molar-refractivity contribution is -0.118. The number of anilines is 1. The van der Waals surface area contributed by atoms with Crippen LogP contribution in [0.5, 0.6) is 23.0 Å². The second kappa shape index (κ2) is 10.0. The summed E-state index contributed by atoms with van der Waals surface area (Å²) < 4.78 is 26.8. The minimum absolute atomic E-state index is 0.385. The zero-order valence-corrected chi connectivity index (χ0v) is 18.2. The predicted octanol–water partition coefficient (Wildman–Crippen LogP) is 2.30. The van der Waals surface area contributed by atoms with Gasteiger partial charge in [0.2, 0.25) is 11.7 Å². The van der Waals surface area contributed by atoms with Gasteiger partial charge in [-0.25, -0.2) is 0 Å². The van der Waals surface area contributed by atoms with Crippen LogP contribution >= 0.6 is 0 Å². The molecule has 1 unspecified atom stereocenters. The second-order valence-corrected chi connectivity index (χ2v) is 6.68. The Bertz CT molecular complexity index is 1070. The predicted molar refractivity (Wildman–Crippen MR) is 117 cm³/mol. The Labute approximate surface area is 184 Å². The first-order chi connectivity index (χ1) is 15.5. The van der Waals surface area contributed by atoms with Crippen molar-refractivity contribution in [1.82, 2.24) is 5.16 Å². The van der Waals surface area contributed by atoms with Crippen molar-refractivity contribution in [2.45, 2.75) is 6.04 Å². The van der Waals surface area contributed by atoms with E-state index >= 15 is 0 Å². The highest BCUT2D eigenvalue weighted by Gasteiger charge is 2.21. The molecule has 1 atom stereocenters. The molecule has 0 radical (unpaired) electrons. The summed E-state index contributed by atoms with van der Waals surface area (Å²) in [5, 5.41) is 15.9. The van der Waals surface area contributed by atoms with Crippen molar-refractivity contribution in [3.8, 4) is 45.4 Å². The fourth-order valence-corrected chi connectivity index (χ4v) is 3.15. The van der Waals surface area contributed by atoms with Crippen LogP contribution in [0.25, 0.3) is 22.4 Å². The van der Waals surface area contributed by atoms with E-state index in [1.54, 1.807) is 30.3 Å². The maximum atomic E-state index is 12.2. The summed E-state index contributed by atoms with van der Waals surface area (Å²) in [4.78, 5) is 12.2. The standard InChI is InChI=1S/C22H25N3O7/c1-28-17-6-5-12(7-16(17)24-22(27)15(23)10-26)14-11-32-25-20(14)13-8-18(29-2)21(31-4)19(9-13)30-3/h5-9,11,15,26H,10,23H2,1-4H3,(H,24,27). The number of nitrogens with two attached hydrogens (primary N) is 1. The Balaban J connectivity index is 2.07. The molecule has 1 heterocycles. The zero-order valence-electron chi connectivity index (χ0n) is 18.2. The molecule has 0 aliphatic heterocycles. The molecule has 32 heavy (non-hydrogen) atoms. The minimum Gasteiger partial charge on any atom is -0.495 e. The van der Waals surface area contributed by atoms with Gasteiger partial charge in [-0.1, -0.05) is 11.2 Å². The highest BCUT2D eigenvalue weighted by atomic mass is 16.5. The van der Waals surface area contributed by atoms with Crippen LogP contribution in [-0.4, -0.2) is 57.3 Å². The van der Waals surface area contributed by atoms with Crippen molar-refractivity contribution in [2.24, 2.45) is 5.73 Å². The molecule has 1 amide bonds. The summed E-state index contributed by atoms with van der Waals surface area (Å²) in [6.07, 6.45) is 1.49. The Morgan fingerprint density at radius 2 is 1.69 bits per heavy atom. The van der Waals surface area contributed by atoms with E-state index in [9.17, 15) is 4.79 Å². The summed E-state index contributed by atoms with van der Waals surface area (Å²) in [7, 11) is 6.06. The van der Waals surface area contributed by atoms with Gasteiger partial charge in [-0.05, 0) is 29.8 Å². The van der Waals surface area contributed by atoms with Gasteiger partial charge < -0.3 is 39.6 Å². The molecule has 3 rings (SSSR count). The molecule has 1 aromatic heterocycles. The van der Waals surface area contributed by atoms with Gasteiger partial charge in [0.15, 0.2) is 11.5 Å². The van der Waals surface area contributed by atoms with Gasteiger partial charge in [-0.3, -0.25) is 4.79 Å². The summed E-state index contributed by atoms with van der Waals surface area (Å²) in [5.41, 5.74) is 8.54. The number of carbonyl (C=O) groups excluding carboxylic acids is 1. The van der Waals surface area contributed by atoms with Crippen LogP contribution in [0.4, 0.5) is 5.69 Å². The lowest BCUT2D eigenvalue weighted by atomic mass is 10.0. The molecule has 0 fully saturated rings. The van der Waals surface area contributed by atoms with Crippen molar-refractivity contribution >= 4 is 11.6 Å². The first-order valence-electron chi connectivity index (χ1n) is 9.57. The van der Waals surface area contributed by atoms with Gasteiger partial charge in [-0.15, -0.1) is 0 Å². The molecule has 2 aromatic carbocycles. The van der Waals surface area contributed by atoms with Crippen LogP contribution in [0.15, 0.2) is 41.1 Å². The molecular weight excluding hydrogens is 418 g/mol. The molecule has 0 saturated heterocycles.